The fourth-order valence-corrected chi connectivity index (χ4v) is 2.38. The van der Waals surface area contributed by atoms with E-state index < -0.39 is 0 Å². The monoisotopic (exact) mass is 318 g/mol. The van der Waals surface area contributed by atoms with E-state index in [0.29, 0.717) is 17.6 Å². The number of ether oxygens (including phenoxy) is 1. The minimum Gasteiger partial charge on any atom is -0.474 e. The second-order valence-corrected chi connectivity index (χ2v) is 5.39. The van der Waals surface area contributed by atoms with Gasteiger partial charge in [-0.05, 0) is 22.0 Å². The van der Waals surface area contributed by atoms with Crippen LogP contribution in [0.5, 0.6) is 5.88 Å². The van der Waals surface area contributed by atoms with Gasteiger partial charge in [-0.1, -0.05) is 6.07 Å². The molecule has 0 amide bonds. The summed E-state index contributed by atoms with van der Waals surface area (Å²) >= 11 is 3.38. The van der Waals surface area contributed by atoms with Gasteiger partial charge in [0.2, 0.25) is 5.88 Å². The molecule has 1 aliphatic carbocycles. The van der Waals surface area contributed by atoms with Crippen LogP contribution in [0.25, 0.3) is 0 Å². The number of pyridine rings is 1. The van der Waals surface area contributed by atoms with Crippen LogP contribution in [0.3, 0.4) is 0 Å². The van der Waals surface area contributed by atoms with Crippen LogP contribution in [0, 0.1) is 11.3 Å². The smallest absolute Gasteiger partial charge is 0.214 e. The maximum Gasteiger partial charge on any atom is 0.214 e. The molecule has 0 N–H and O–H groups in total. The lowest BCUT2D eigenvalue weighted by atomic mass is 9.89. The Morgan fingerprint density at radius 1 is 1.42 bits per heavy atom. The van der Waals surface area contributed by atoms with E-state index in [1.807, 2.05) is 16.9 Å². The first kappa shape index (κ1) is 12.2. The highest BCUT2D eigenvalue weighted by Gasteiger charge is 2.33. The van der Waals surface area contributed by atoms with Gasteiger partial charge < -0.3 is 4.74 Å². The van der Waals surface area contributed by atoms with Gasteiger partial charge in [0.05, 0.1) is 16.7 Å². The Bertz CT molecular complexity index is 628. The molecule has 3 rings (SSSR count). The third-order valence-corrected chi connectivity index (χ3v) is 3.55. The van der Waals surface area contributed by atoms with Crippen LogP contribution in [0.4, 0.5) is 0 Å². The Labute approximate surface area is 119 Å². The maximum atomic E-state index is 8.78. The van der Waals surface area contributed by atoms with Gasteiger partial charge in [0.15, 0.2) is 0 Å². The van der Waals surface area contributed by atoms with Crippen LogP contribution in [-0.4, -0.2) is 20.9 Å². The highest BCUT2D eigenvalue weighted by molar-refractivity contribution is 9.10. The van der Waals surface area contributed by atoms with Crippen LogP contribution < -0.4 is 4.74 Å². The summed E-state index contributed by atoms with van der Waals surface area (Å²) in [5.74, 6) is 0.518. The molecule has 5 nitrogen and oxygen atoms in total. The average Bonchev–Trinajstić information content (AvgIpc) is 2.80. The average molecular weight is 319 g/mol. The van der Waals surface area contributed by atoms with E-state index in [9.17, 15) is 0 Å². The largest absolute Gasteiger partial charge is 0.474 e. The van der Waals surface area contributed by atoms with Crippen molar-refractivity contribution >= 4 is 15.9 Å². The van der Waals surface area contributed by atoms with Crippen molar-refractivity contribution in [2.24, 2.45) is 0 Å². The molecule has 0 aromatic carbocycles. The summed E-state index contributed by atoms with van der Waals surface area (Å²) < 4.78 is 8.67. The van der Waals surface area contributed by atoms with E-state index >= 15 is 0 Å². The zero-order valence-electron chi connectivity index (χ0n) is 10.0. The normalized spacial score (nSPS) is 21.5. The summed E-state index contributed by atoms with van der Waals surface area (Å²) in [4.78, 5) is 4.10. The molecule has 0 saturated heterocycles. The predicted octanol–water partition coefficient (Wildman–Crippen LogP) is 2.69. The molecule has 2 aromatic heterocycles. The van der Waals surface area contributed by atoms with E-state index in [2.05, 4.69) is 26.0 Å². The molecule has 96 valence electrons. The van der Waals surface area contributed by atoms with Crippen molar-refractivity contribution in [2.75, 3.05) is 0 Å². The van der Waals surface area contributed by atoms with Gasteiger partial charge in [-0.2, -0.15) is 10.4 Å². The van der Waals surface area contributed by atoms with Gasteiger partial charge in [0, 0.05) is 25.1 Å². The van der Waals surface area contributed by atoms with E-state index in [4.69, 9.17) is 10.00 Å². The van der Waals surface area contributed by atoms with Gasteiger partial charge in [0.1, 0.15) is 17.9 Å². The fourth-order valence-electron chi connectivity index (χ4n) is 2.08. The molecule has 2 heterocycles. The number of aromatic nitrogens is 3. The standard InChI is InChI=1S/C13H11BrN4O/c14-9-7-16-18(8-9)11-4-12(5-11)19-13-3-1-2-10(6-15)17-13/h1-3,7-8,11-12H,4-5H2. The van der Waals surface area contributed by atoms with Crippen molar-refractivity contribution in [1.82, 2.24) is 14.8 Å². The predicted molar refractivity (Wildman–Crippen MR) is 71.6 cm³/mol. The maximum absolute atomic E-state index is 8.78. The second kappa shape index (κ2) is 5.02. The number of nitrogens with zero attached hydrogens (tertiary/aromatic N) is 4. The van der Waals surface area contributed by atoms with Crippen LogP contribution in [0.2, 0.25) is 0 Å². The molecule has 1 saturated carbocycles. The Kier molecular flexibility index (Phi) is 3.22. The lowest BCUT2D eigenvalue weighted by molar-refractivity contribution is 0.0607. The Hall–Kier alpha value is -1.87. The fraction of sp³-hybridized carbons (Fsp3) is 0.308. The summed E-state index contributed by atoms with van der Waals surface area (Å²) in [6, 6.07) is 7.61. The minimum absolute atomic E-state index is 0.148. The van der Waals surface area contributed by atoms with Crippen molar-refractivity contribution in [2.45, 2.75) is 25.0 Å². The van der Waals surface area contributed by atoms with Gasteiger partial charge in [0.25, 0.3) is 0 Å². The molecule has 0 unspecified atom stereocenters. The van der Waals surface area contributed by atoms with E-state index in [1.165, 1.54) is 0 Å². The van der Waals surface area contributed by atoms with Gasteiger partial charge >= 0.3 is 0 Å². The van der Waals surface area contributed by atoms with Gasteiger partial charge in [-0.15, -0.1) is 0 Å². The molecule has 1 aliphatic rings. The lowest BCUT2D eigenvalue weighted by Gasteiger charge is -2.34. The van der Waals surface area contributed by atoms with E-state index in [-0.39, 0.29) is 6.10 Å². The molecule has 0 aliphatic heterocycles. The number of halogens is 1. The van der Waals surface area contributed by atoms with Crippen LogP contribution in [0.15, 0.2) is 35.1 Å². The number of hydrogen-bond donors (Lipinski definition) is 0. The Morgan fingerprint density at radius 3 is 2.95 bits per heavy atom. The molecule has 6 heteroatoms. The van der Waals surface area contributed by atoms with Crippen molar-refractivity contribution in [3.63, 3.8) is 0 Å². The number of hydrogen-bond acceptors (Lipinski definition) is 4. The zero-order valence-corrected chi connectivity index (χ0v) is 11.6. The summed E-state index contributed by atoms with van der Waals surface area (Å²) in [6.07, 6.45) is 5.72. The van der Waals surface area contributed by atoms with Crippen LogP contribution in [0.1, 0.15) is 24.6 Å². The number of rotatable bonds is 3. The highest BCUT2D eigenvalue weighted by Crippen LogP contribution is 2.34. The number of nitriles is 1. The first-order chi connectivity index (χ1) is 9.24. The second-order valence-electron chi connectivity index (χ2n) is 4.48. The molecule has 0 radical (unpaired) electrons. The van der Waals surface area contributed by atoms with Crippen molar-refractivity contribution < 1.29 is 4.74 Å². The SMILES string of the molecule is N#Cc1cccc(OC2CC(n3cc(Br)cn3)C2)n1. The van der Waals surface area contributed by atoms with Crippen molar-refractivity contribution in [3.8, 4) is 11.9 Å². The molecule has 0 bridgehead atoms. The van der Waals surface area contributed by atoms with Gasteiger partial charge in [-0.3, -0.25) is 4.68 Å². The molecule has 0 atom stereocenters. The summed E-state index contributed by atoms with van der Waals surface area (Å²) in [7, 11) is 0. The highest BCUT2D eigenvalue weighted by atomic mass is 79.9. The Balaban J connectivity index is 1.58. The molecule has 1 fully saturated rings. The first-order valence-electron chi connectivity index (χ1n) is 5.98. The van der Waals surface area contributed by atoms with Crippen molar-refractivity contribution in [3.05, 3.63) is 40.8 Å². The van der Waals surface area contributed by atoms with Crippen LogP contribution in [-0.2, 0) is 0 Å². The van der Waals surface area contributed by atoms with Crippen LogP contribution >= 0.6 is 15.9 Å². The quantitative estimate of drug-likeness (QED) is 0.872. The molecule has 0 spiro atoms. The Morgan fingerprint density at radius 2 is 2.26 bits per heavy atom. The third-order valence-electron chi connectivity index (χ3n) is 3.14. The molecular formula is C13H11BrN4O. The van der Waals surface area contributed by atoms with Gasteiger partial charge in [-0.25, -0.2) is 4.98 Å². The minimum atomic E-state index is 0.148. The summed E-state index contributed by atoms with van der Waals surface area (Å²) in [5.41, 5.74) is 0.379. The summed E-state index contributed by atoms with van der Waals surface area (Å²) in [5, 5.41) is 13.0. The van der Waals surface area contributed by atoms with E-state index in [1.54, 1.807) is 24.4 Å². The topological polar surface area (TPSA) is 63.7 Å². The van der Waals surface area contributed by atoms with E-state index in [0.717, 1.165) is 17.3 Å². The zero-order chi connectivity index (χ0) is 13.2. The molecule has 19 heavy (non-hydrogen) atoms. The van der Waals surface area contributed by atoms with Crippen molar-refractivity contribution in [1.29, 1.82) is 5.26 Å². The molecule has 2 aromatic rings. The summed E-state index contributed by atoms with van der Waals surface area (Å²) in [6.45, 7) is 0. The third kappa shape index (κ3) is 2.61. The lowest BCUT2D eigenvalue weighted by Crippen LogP contribution is -2.35. The first-order valence-corrected chi connectivity index (χ1v) is 6.77. The molecular weight excluding hydrogens is 308 g/mol.